The van der Waals surface area contributed by atoms with Gasteiger partial charge in [-0.1, -0.05) is 137 Å². The van der Waals surface area contributed by atoms with Gasteiger partial charge in [0.2, 0.25) is 0 Å². The first-order valence-electron chi connectivity index (χ1n) is 27.2. The molecule has 6 aromatic carbocycles. The molecule has 0 fully saturated rings. The quantitative estimate of drug-likeness (QED) is 0.0337. The molecule has 0 unspecified atom stereocenters. The van der Waals surface area contributed by atoms with Crippen LogP contribution in [0.4, 0.5) is 0 Å². The average molecular weight is 1040 g/mol. The van der Waals surface area contributed by atoms with Gasteiger partial charge in [-0.3, -0.25) is 4.79 Å². The molecular weight excluding hydrogens is 969 g/mol. The van der Waals surface area contributed by atoms with Crippen LogP contribution < -0.4 is 28.4 Å². The van der Waals surface area contributed by atoms with Gasteiger partial charge in [0.1, 0.15) is 28.7 Å². The van der Waals surface area contributed by atoms with E-state index in [1.165, 1.54) is 19.3 Å². The van der Waals surface area contributed by atoms with E-state index in [2.05, 4.69) is 66.1 Å². The second-order valence-corrected chi connectivity index (χ2v) is 18.5. The van der Waals surface area contributed by atoms with E-state index in [1.54, 1.807) is 35.5 Å². The number of ether oxygens (including phenoxy) is 7. The lowest BCUT2D eigenvalue weighted by Gasteiger charge is -2.17. The highest BCUT2D eigenvalue weighted by molar-refractivity contribution is 5.78. The molecule has 0 spiro atoms. The molecule has 8 nitrogen and oxygen atoms in total. The molecule has 0 aliphatic carbocycles. The molecule has 0 saturated carbocycles. The Morgan fingerprint density at radius 3 is 0.910 bits per heavy atom. The van der Waals surface area contributed by atoms with Crippen molar-refractivity contribution in [1.82, 2.24) is 0 Å². The van der Waals surface area contributed by atoms with Gasteiger partial charge in [0, 0.05) is 34.2 Å². The molecule has 78 heavy (non-hydrogen) atoms. The lowest BCUT2D eigenvalue weighted by Crippen LogP contribution is -2.08. The summed E-state index contributed by atoms with van der Waals surface area (Å²) in [5.74, 6) is 38.8. The number of rotatable bonds is 24. The summed E-state index contributed by atoms with van der Waals surface area (Å²) in [7, 11) is 8.20. The summed E-state index contributed by atoms with van der Waals surface area (Å²) in [6.07, 6.45) is 15.6. The third kappa shape index (κ3) is 19.5. The van der Waals surface area contributed by atoms with Crippen molar-refractivity contribution in [3.63, 3.8) is 0 Å². The van der Waals surface area contributed by atoms with Crippen LogP contribution in [0.25, 0.3) is 0 Å². The van der Waals surface area contributed by atoms with Crippen LogP contribution in [0.5, 0.6) is 34.5 Å². The first-order valence-corrected chi connectivity index (χ1v) is 27.2. The van der Waals surface area contributed by atoms with E-state index in [0.717, 1.165) is 127 Å². The van der Waals surface area contributed by atoms with Crippen LogP contribution in [0.2, 0.25) is 0 Å². The summed E-state index contributed by atoms with van der Waals surface area (Å²) in [5, 5.41) is 0. The maximum atomic E-state index is 12.1. The molecule has 400 valence electrons. The van der Waals surface area contributed by atoms with Gasteiger partial charge in [-0.25, -0.2) is 0 Å². The molecule has 0 aromatic heterocycles. The Morgan fingerprint density at radius 2 is 0.590 bits per heavy atom. The molecule has 0 bridgehead atoms. The zero-order valence-corrected chi connectivity index (χ0v) is 46.3. The van der Waals surface area contributed by atoms with Crippen molar-refractivity contribution in [3.8, 4) is 93.7 Å². The van der Waals surface area contributed by atoms with Crippen LogP contribution in [0.15, 0.2) is 121 Å². The lowest BCUT2D eigenvalue weighted by molar-refractivity contribution is -0.143. The van der Waals surface area contributed by atoms with Crippen molar-refractivity contribution in [2.75, 3.05) is 48.8 Å². The Balaban J connectivity index is 1.41. The molecular formula is C70H72O8. The fourth-order valence-electron chi connectivity index (χ4n) is 8.28. The number of carbonyl (C=O) groups is 1. The van der Waals surface area contributed by atoms with E-state index in [4.69, 9.17) is 33.2 Å². The monoisotopic (exact) mass is 1040 g/mol. The van der Waals surface area contributed by atoms with Crippen LogP contribution in [-0.2, 0) is 9.53 Å². The lowest BCUT2D eigenvalue weighted by atomic mass is 9.89. The Bertz CT molecular complexity index is 2990. The number of esters is 1. The average Bonchev–Trinajstić information content (AvgIpc) is 3.54. The molecule has 0 heterocycles. The predicted octanol–water partition coefficient (Wildman–Crippen LogP) is 14.5. The van der Waals surface area contributed by atoms with Crippen molar-refractivity contribution in [1.29, 1.82) is 0 Å². The highest BCUT2D eigenvalue weighted by Crippen LogP contribution is 2.35. The minimum atomic E-state index is -0.0596. The number of hydrogen-bond acceptors (Lipinski definition) is 8. The number of methoxy groups -OCH3 is 5. The zero-order chi connectivity index (χ0) is 55.0. The van der Waals surface area contributed by atoms with Gasteiger partial charge in [-0.2, -0.15) is 0 Å². The van der Waals surface area contributed by atoms with Crippen molar-refractivity contribution in [2.24, 2.45) is 0 Å². The van der Waals surface area contributed by atoms with E-state index < -0.39 is 0 Å². The van der Waals surface area contributed by atoms with E-state index >= 15 is 0 Å². The van der Waals surface area contributed by atoms with E-state index in [0.29, 0.717) is 53.2 Å². The van der Waals surface area contributed by atoms with E-state index in [-0.39, 0.29) is 5.97 Å². The van der Waals surface area contributed by atoms with Crippen LogP contribution in [0.1, 0.15) is 159 Å². The second-order valence-electron chi connectivity index (χ2n) is 18.5. The largest absolute Gasteiger partial charge is 0.497 e. The SMILES string of the molecule is CCCCCCCC(=O)OCCCCCCCCCCCOc1c(C#Cc2ccc(OC)cc2)c(C#Cc2ccc(OC)cc2)c(C#Cc2ccc(OC)cc2)c(C#Cc2ccc(OC)cc2)c1C#Cc1ccc(OC)cc1. The van der Waals surface area contributed by atoms with Crippen molar-refractivity contribution in [3.05, 3.63) is 177 Å². The fourth-order valence-corrected chi connectivity index (χ4v) is 8.28. The third-order valence-corrected chi connectivity index (χ3v) is 12.8. The minimum absolute atomic E-state index is 0.0596. The van der Waals surface area contributed by atoms with Gasteiger partial charge in [-0.05, 0) is 141 Å². The van der Waals surface area contributed by atoms with Crippen LogP contribution in [-0.4, -0.2) is 54.7 Å². The molecule has 0 atom stereocenters. The fraction of sp³-hybridized carbons (Fsp3) is 0.329. The highest BCUT2D eigenvalue weighted by atomic mass is 16.5. The smallest absolute Gasteiger partial charge is 0.305 e. The highest BCUT2D eigenvalue weighted by Gasteiger charge is 2.23. The zero-order valence-electron chi connectivity index (χ0n) is 46.3. The Hall–Kier alpha value is -8.61. The van der Waals surface area contributed by atoms with Crippen molar-refractivity contribution >= 4 is 5.97 Å². The Kier molecular flexibility index (Phi) is 25.1. The maximum absolute atomic E-state index is 12.1. The van der Waals surface area contributed by atoms with Gasteiger partial charge >= 0.3 is 5.97 Å². The van der Waals surface area contributed by atoms with Crippen LogP contribution in [0, 0.1) is 59.2 Å². The standard InChI is InChI=1S/C70H72O8/c1-7-8-9-15-18-21-69(71)77-52-19-16-13-11-10-12-14-17-20-53-78-70-67(50-35-57-28-43-62(75-5)44-29-57)65(48-33-55-24-39-60(73-3)40-25-55)64(47-32-54-22-37-59(72-2)38-23-54)66(49-34-56-26-41-61(74-4)42-27-56)68(70)51-36-58-30-45-63(76-6)46-31-58/h22-31,37-46H,7-21,52-53H2,1-6H3. The molecule has 0 amide bonds. The molecule has 0 radical (unpaired) electrons. The van der Waals surface area contributed by atoms with E-state index in [9.17, 15) is 4.79 Å². The Morgan fingerprint density at radius 1 is 0.321 bits per heavy atom. The first-order chi connectivity index (χ1) is 38.3. The summed E-state index contributed by atoms with van der Waals surface area (Å²) in [6.45, 7) is 3.12. The molecule has 6 aromatic rings. The molecule has 0 aliphatic heterocycles. The van der Waals surface area contributed by atoms with Gasteiger partial charge in [0.25, 0.3) is 0 Å². The minimum Gasteiger partial charge on any atom is -0.497 e. The Labute approximate surface area is 464 Å². The molecule has 8 heteroatoms. The van der Waals surface area contributed by atoms with Gasteiger partial charge in [0.05, 0.1) is 76.6 Å². The first kappa shape index (κ1) is 58.6. The summed E-state index contributed by atoms with van der Waals surface area (Å²) in [6, 6.07) is 38.1. The molecule has 0 saturated heterocycles. The summed E-state index contributed by atoms with van der Waals surface area (Å²) in [5.41, 5.74) is 6.55. The molecule has 0 aliphatic rings. The maximum Gasteiger partial charge on any atom is 0.305 e. The van der Waals surface area contributed by atoms with Gasteiger partial charge in [0.15, 0.2) is 5.75 Å². The summed E-state index contributed by atoms with van der Waals surface area (Å²) >= 11 is 0. The number of benzene rings is 6. The number of hydrogen-bond donors (Lipinski definition) is 0. The van der Waals surface area contributed by atoms with Crippen LogP contribution >= 0.6 is 0 Å². The third-order valence-electron chi connectivity index (χ3n) is 12.8. The normalized spacial score (nSPS) is 10.1. The molecule has 6 rings (SSSR count). The van der Waals surface area contributed by atoms with Crippen LogP contribution in [0.3, 0.4) is 0 Å². The van der Waals surface area contributed by atoms with Gasteiger partial charge < -0.3 is 33.2 Å². The summed E-state index contributed by atoms with van der Waals surface area (Å²) < 4.78 is 39.9. The topological polar surface area (TPSA) is 81.7 Å². The number of carbonyl (C=O) groups excluding carboxylic acids is 1. The second kappa shape index (κ2) is 33.4. The summed E-state index contributed by atoms with van der Waals surface area (Å²) in [4.78, 5) is 12.1. The van der Waals surface area contributed by atoms with E-state index in [1.807, 2.05) is 121 Å². The predicted molar refractivity (Wildman–Crippen MR) is 313 cm³/mol. The molecule has 0 N–H and O–H groups in total. The van der Waals surface area contributed by atoms with Gasteiger partial charge in [-0.15, -0.1) is 0 Å². The van der Waals surface area contributed by atoms with Crippen molar-refractivity contribution < 1.29 is 38.0 Å². The van der Waals surface area contributed by atoms with Crippen molar-refractivity contribution in [2.45, 2.75) is 103 Å². The number of unbranched alkanes of at least 4 members (excludes halogenated alkanes) is 12.